The zero-order valence-corrected chi connectivity index (χ0v) is 11.3. The standard InChI is InChI=1S/C14H28O2/c1-5-11(2)7-6-8-12(3)9-13(4)10-14(15)16/h11-13H,5-10H2,1-4H3,(H,15,16). The lowest BCUT2D eigenvalue weighted by atomic mass is 9.90. The van der Waals surface area contributed by atoms with Gasteiger partial charge in [-0.1, -0.05) is 53.4 Å². The number of aliphatic carboxylic acids is 1. The van der Waals surface area contributed by atoms with Crippen molar-refractivity contribution in [2.45, 2.75) is 66.2 Å². The summed E-state index contributed by atoms with van der Waals surface area (Å²) < 4.78 is 0. The first-order valence-electron chi connectivity index (χ1n) is 6.67. The molecular weight excluding hydrogens is 200 g/mol. The van der Waals surface area contributed by atoms with Crippen LogP contribution in [0.3, 0.4) is 0 Å². The largest absolute Gasteiger partial charge is 0.481 e. The summed E-state index contributed by atoms with van der Waals surface area (Å²) in [5, 5.41) is 8.68. The quantitative estimate of drug-likeness (QED) is 0.637. The Morgan fingerprint density at radius 2 is 1.62 bits per heavy atom. The van der Waals surface area contributed by atoms with Crippen LogP contribution < -0.4 is 0 Å². The zero-order chi connectivity index (χ0) is 12.6. The normalized spacial score (nSPS) is 16.8. The summed E-state index contributed by atoms with van der Waals surface area (Å²) in [7, 11) is 0. The molecular formula is C14H28O2. The predicted molar refractivity (Wildman–Crippen MR) is 68.5 cm³/mol. The SMILES string of the molecule is CCC(C)CCCC(C)CC(C)CC(=O)O. The lowest BCUT2D eigenvalue weighted by Gasteiger charge is -2.16. The van der Waals surface area contributed by atoms with Crippen LogP contribution in [0.5, 0.6) is 0 Å². The van der Waals surface area contributed by atoms with Crippen molar-refractivity contribution >= 4 is 5.97 Å². The van der Waals surface area contributed by atoms with E-state index in [9.17, 15) is 4.79 Å². The van der Waals surface area contributed by atoms with Gasteiger partial charge in [-0.3, -0.25) is 4.79 Å². The maximum Gasteiger partial charge on any atom is 0.303 e. The van der Waals surface area contributed by atoms with Crippen molar-refractivity contribution in [2.24, 2.45) is 17.8 Å². The summed E-state index contributed by atoms with van der Waals surface area (Å²) in [6.45, 7) is 8.83. The number of carbonyl (C=O) groups is 1. The summed E-state index contributed by atoms with van der Waals surface area (Å²) in [5.74, 6) is 1.15. The van der Waals surface area contributed by atoms with Crippen LogP contribution in [0.2, 0.25) is 0 Å². The van der Waals surface area contributed by atoms with Gasteiger partial charge in [0.05, 0.1) is 0 Å². The molecule has 0 aromatic heterocycles. The molecule has 2 heteroatoms. The summed E-state index contributed by atoms with van der Waals surface area (Å²) in [6.07, 6.45) is 6.48. The van der Waals surface area contributed by atoms with Gasteiger partial charge >= 0.3 is 5.97 Å². The van der Waals surface area contributed by atoms with Gasteiger partial charge in [-0.2, -0.15) is 0 Å². The highest BCUT2D eigenvalue weighted by Crippen LogP contribution is 2.21. The monoisotopic (exact) mass is 228 g/mol. The number of rotatable bonds is 9. The third-order valence-corrected chi connectivity index (χ3v) is 3.42. The van der Waals surface area contributed by atoms with Crippen LogP contribution in [0.25, 0.3) is 0 Å². The smallest absolute Gasteiger partial charge is 0.303 e. The number of carboxylic acids is 1. The van der Waals surface area contributed by atoms with Gasteiger partial charge in [-0.05, 0) is 24.2 Å². The van der Waals surface area contributed by atoms with Crippen molar-refractivity contribution in [2.75, 3.05) is 0 Å². The highest BCUT2D eigenvalue weighted by atomic mass is 16.4. The van der Waals surface area contributed by atoms with E-state index in [1.54, 1.807) is 0 Å². The fourth-order valence-electron chi connectivity index (χ4n) is 2.21. The summed E-state index contributed by atoms with van der Waals surface area (Å²) in [6, 6.07) is 0. The van der Waals surface area contributed by atoms with E-state index in [1.807, 2.05) is 6.92 Å². The number of hydrogen-bond acceptors (Lipinski definition) is 1. The molecule has 0 saturated carbocycles. The molecule has 0 amide bonds. The van der Waals surface area contributed by atoms with Gasteiger partial charge in [0.25, 0.3) is 0 Å². The molecule has 0 heterocycles. The van der Waals surface area contributed by atoms with Gasteiger partial charge in [0.2, 0.25) is 0 Å². The number of carboxylic acid groups (broad SMARTS) is 1. The molecule has 1 N–H and O–H groups in total. The second kappa shape index (κ2) is 8.60. The Balaban J connectivity index is 3.57. The van der Waals surface area contributed by atoms with Crippen LogP contribution in [0.15, 0.2) is 0 Å². The second-order valence-corrected chi connectivity index (χ2v) is 5.49. The van der Waals surface area contributed by atoms with Crippen molar-refractivity contribution in [3.63, 3.8) is 0 Å². The van der Waals surface area contributed by atoms with Crippen LogP contribution in [-0.2, 0) is 4.79 Å². The molecule has 3 unspecified atom stereocenters. The van der Waals surface area contributed by atoms with Crippen molar-refractivity contribution in [1.29, 1.82) is 0 Å². The minimum atomic E-state index is -0.667. The van der Waals surface area contributed by atoms with Crippen molar-refractivity contribution in [3.05, 3.63) is 0 Å². The van der Waals surface area contributed by atoms with E-state index in [2.05, 4.69) is 20.8 Å². The average Bonchev–Trinajstić information content (AvgIpc) is 2.15. The van der Waals surface area contributed by atoms with Crippen LogP contribution in [-0.4, -0.2) is 11.1 Å². The molecule has 0 spiro atoms. The van der Waals surface area contributed by atoms with Crippen molar-refractivity contribution in [1.82, 2.24) is 0 Å². The average molecular weight is 228 g/mol. The van der Waals surface area contributed by atoms with Crippen LogP contribution >= 0.6 is 0 Å². The van der Waals surface area contributed by atoms with Crippen LogP contribution in [0, 0.1) is 17.8 Å². The van der Waals surface area contributed by atoms with E-state index >= 15 is 0 Å². The molecule has 16 heavy (non-hydrogen) atoms. The molecule has 3 atom stereocenters. The van der Waals surface area contributed by atoms with E-state index < -0.39 is 5.97 Å². The minimum Gasteiger partial charge on any atom is -0.481 e. The highest BCUT2D eigenvalue weighted by Gasteiger charge is 2.12. The number of hydrogen-bond donors (Lipinski definition) is 1. The fraction of sp³-hybridized carbons (Fsp3) is 0.929. The molecule has 0 fully saturated rings. The van der Waals surface area contributed by atoms with E-state index in [0.717, 1.165) is 12.3 Å². The van der Waals surface area contributed by atoms with Gasteiger partial charge in [-0.25, -0.2) is 0 Å². The molecule has 2 nitrogen and oxygen atoms in total. The first-order valence-corrected chi connectivity index (χ1v) is 6.67. The molecule has 0 radical (unpaired) electrons. The minimum absolute atomic E-state index is 0.315. The van der Waals surface area contributed by atoms with Crippen molar-refractivity contribution in [3.8, 4) is 0 Å². The molecule has 0 aromatic carbocycles. The van der Waals surface area contributed by atoms with E-state index in [-0.39, 0.29) is 0 Å². The van der Waals surface area contributed by atoms with E-state index in [0.29, 0.717) is 18.3 Å². The molecule has 0 aliphatic rings. The summed E-state index contributed by atoms with van der Waals surface area (Å²) >= 11 is 0. The predicted octanol–water partition coefficient (Wildman–Crippen LogP) is 4.34. The van der Waals surface area contributed by atoms with Crippen LogP contribution in [0.4, 0.5) is 0 Å². The van der Waals surface area contributed by atoms with Gasteiger partial charge in [0.1, 0.15) is 0 Å². The highest BCUT2D eigenvalue weighted by molar-refractivity contribution is 5.66. The molecule has 0 rings (SSSR count). The molecule has 0 aliphatic carbocycles. The summed E-state index contributed by atoms with van der Waals surface area (Å²) in [5.41, 5.74) is 0. The first kappa shape index (κ1) is 15.5. The lowest BCUT2D eigenvalue weighted by molar-refractivity contribution is -0.138. The topological polar surface area (TPSA) is 37.3 Å². The molecule has 0 saturated heterocycles. The third-order valence-electron chi connectivity index (χ3n) is 3.42. The Labute approximate surface area is 100 Å². The van der Waals surface area contributed by atoms with Gasteiger partial charge in [-0.15, -0.1) is 0 Å². The van der Waals surface area contributed by atoms with Crippen LogP contribution in [0.1, 0.15) is 66.2 Å². The summed E-state index contributed by atoms with van der Waals surface area (Å²) in [4.78, 5) is 10.5. The Hall–Kier alpha value is -0.530. The Morgan fingerprint density at radius 1 is 1.06 bits per heavy atom. The maximum absolute atomic E-state index is 10.5. The van der Waals surface area contributed by atoms with Crippen molar-refractivity contribution < 1.29 is 9.90 Å². The zero-order valence-electron chi connectivity index (χ0n) is 11.3. The second-order valence-electron chi connectivity index (χ2n) is 5.49. The third kappa shape index (κ3) is 8.75. The first-order chi connectivity index (χ1) is 7.45. The van der Waals surface area contributed by atoms with E-state index in [1.165, 1.54) is 25.7 Å². The molecule has 96 valence electrons. The fourth-order valence-corrected chi connectivity index (χ4v) is 2.21. The van der Waals surface area contributed by atoms with Gasteiger partial charge < -0.3 is 5.11 Å². The Morgan fingerprint density at radius 3 is 2.12 bits per heavy atom. The lowest BCUT2D eigenvalue weighted by Crippen LogP contribution is -2.08. The van der Waals surface area contributed by atoms with Gasteiger partial charge in [0, 0.05) is 6.42 Å². The maximum atomic E-state index is 10.5. The Kier molecular flexibility index (Phi) is 8.32. The molecule has 0 bridgehead atoms. The van der Waals surface area contributed by atoms with Gasteiger partial charge in [0.15, 0.2) is 0 Å². The Bertz CT molecular complexity index is 189. The van der Waals surface area contributed by atoms with E-state index in [4.69, 9.17) is 5.11 Å². The molecule has 0 aliphatic heterocycles. The molecule has 0 aromatic rings.